The molecule has 4 heterocycles. The molecule has 1 aromatic carbocycles. The van der Waals surface area contributed by atoms with Gasteiger partial charge in [0.05, 0.1) is 18.9 Å². The van der Waals surface area contributed by atoms with E-state index in [1.807, 2.05) is 24.3 Å². The van der Waals surface area contributed by atoms with Crippen molar-refractivity contribution in [1.29, 1.82) is 0 Å². The van der Waals surface area contributed by atoms with Crippen molar-refractivity contribution < 1.29 is 17.3 Å². The van der Waals surface area contributed by atoms with Crippen LogP contribution >= 0.6 is 0 Å². The summed E-state index contributed by atoms with van der Waals surface area (Å²) in [5.74, 6) is 2.04. The van der Waals surface area contributed by atoms with E-state index in [1.54, 1.807) is 13.3 Å². The molecule has 1 unspecified atom stereocenters. The summed E-state index contributed by atoms with van der Waals surface area (Å²) >= 11 is 0. The van der Waals surface area contributed by atoms with Gasteiger partial charge in [-0.15, -0.1) is 0 Å². The molecule has 5 rings (SSSR count). The van der Waals surface area contributed by atoms with Crippen LogP contribution in [-0.2, 0) is 14.3 Å². The molecule has 2 aromatic rings. The van der Waals surface area contributed by atoms with Gasteiger partial charge in [-0.3, -0.25) is 14.1 Å². The van der Waals surface area contributed by atoms with Crippen LogP contribution in [0, 0.1) is 11.8 Å². The zero-order valence-electron chi connectivity index (χ0n) is 16.7. The summed E-state index contributed by atoms with van der Waals surface area (Å²) in [6.07, 6.45) is 5.63. The summed E-state index contributed by atoms with van der Waals surface area (Å²) in [7, 11) is -2.00. The molecule has 0 N–H and O–H groups in total. The maximum Gasteiger partial charge on any atom is 0.265 e. The Morgan fingerprint density at radius 1 is 1.32 bits per heavy atom. The molecular formula is C21H28N2O4S. The van der Waals surface area contributed by atoms with Crippen molar-refractivity contribution >= 4 is 21.0 Å². The second-order valence-electron chi connectivity index (χ2n) is 8.02. The fourth-order valence-electron chi connectivity index (χ4n) is 4.99. The molecule has 2 bridgehead atoms. The maximum atomic E-state index is 12.2. The first-order valence-corrected chi connectivity index (χ1v) is 11.8. The highest BCUT2D eigenvalue weighted by Gasteiger charge is 2.44. The van der Waals surface area contributed by atoms with Crippen LogP contribution in [0.15, 0.2) is 30.5 Å². The highest BCUT2D eigenvalue weighted by Crippen LogP contribution is 2.44. The Bertz CT molecular complexity index is 962. The van der Waals surface area contributed by atoms with Crippen LogP contribution in [0.1, 0.15) is 37.9 Å². The summed E-state index contributed by atoms with van der Waals surface area (Å²) in [6, 6.07) is 7.62. The van der Waals surface area contributed by atoms with Crippen LogP contribution in [0.5, 0.6) is 5.75 Å². The van der Waals surface area contributed by atoms with E-state index < -0.39 is 16.2 Å². The van der Waals surface area contributed by atoms with Gasteiger partial charge in [-0.25, -0.2) is 0 Å². The summed E-state index contributed by atoms with van der Waals surface area (Å²) in [5, 5.41) is 0.880. The summed E-state index contributed by atoms with van der Waals surface area (Å²) < 4.78 is 35.4. The summed E-state index contributed by atoms with van der Waals surface area (Å²) in [4.78, 5) is 6.87. The first kappa shape index (κ1) is 19.6. The van der Waals surface area contributed by atoms with Crippen molar-refractivity contribution in [2.45, 2.75) is 38.3 Å². The third-order valence-electron chi connectivity index (χ3n) is 6.38. The predicted molar refractivity (Wildman–Crippen MR) is 109 cm³/mol. The lowest BCUT2D eigenvalue weighted by molar-refractivity contribution is -0.0465. The number of benzene rings is 1. The number of fused-ring (bicyclic) bond motifs is 4. The van der Waals surface area contributed by atoms with Crippen molar-refractivity contribution in [1.82, 2.24) is 9.88 Å². The number of aromatic nitrogens is 1. The standard InChI is InChI=1S/C21H28N2O4S/c1-4-14-13-23-10-8-15(14)11-20(23)21(27-28(3,24)25)17-7-9-22-19-6-5-16(26-2)12-18(17)19/h5-7,9,12,14-15,20-21H,4,8,10-11,13H2,1-3H3/t14-,15-,20+,21+/m0/s1. The van der Waals surface area contributed by atoms with Crippen LogP contribution in [-0.4, -0.2) is 50.8 Å². The lowest BCUT2D eigenvalue weighted by Crippen LogP contribution is -2.55. The number of hydrogen-bond donors (Lipinski definition) is 0. The van der Waals surface area contributed by atoms with Crippen LogP contribution in [0.3, 0.4) is 0 Å². The molecule has 6 nitrogen and oxygen atoms in total. The molecule has 0 amide bonds. The SMILES string of the molecule is CC[C@H]1CN2CC[C@H]1C[C@@H]2[C@H](OS(C)(=O)=O)c1ccnc2ccc(OC)cc12. The quantitative estimate of drug-likeness (QED) is 0.688. The fraction of sp³-hybridized carbons (Fsp3) is 0.571. The molecule has 0 aliphatic carbocycles. The van der Waals surface area contributed by atoms with E-state index in [1.165, 1.54) is 12.8 Å². The summed E-state index contributed by atoms with van der Waals surface area (Å²) in [6.45, 7) is 4.26. The Kier molecular flexibility index (Phi) is 5.33. The molecule has 28 heavy (non-hydrogen) atoms. The van der Waals surface area contributed by atoms with Gasteiger partial charge in [-0.05, 0) is 61.1 Å². The molecule has 0 radical (unpaired) electrons. The molecule has 1 aromatic heterocycles. The molecule has 3 aliphatic rings. The Morgan fingerprint density at radius 3 is 2.79 bits per heavy atom. The minimum absolute atomic E-state index is 0.0491. The molecule has 5 atom stereocenters. The van der Waals surface area contributed by atoms with E-state index in [0.29, 0.717) is 11.8 Å². The third-order valence-corrected chi connectivity index (χ3v) is 6.93. The number of methoxy groups -OCH3 is 1. The first-order chi connectivity index (χ1) is 13.4. The Balaban J connectivity index is 1.79. The molecule has 3 aliphatic heterocycles. The van der Waals surface area contributed by atoms with Gasteiger partial charge in [-0.1, -0.05) is 13.3 Å². The minimum atomic E-state index is -3.62. The zero-order valence-corrected chi connectivity index (χ0v) is 17.5. The van der Waals surface area contributed by atoms with E-state index in [4.69, 9.17) is 8.92 Å². The largest absolute Gasteiger partial charge is 0.497 e. The van der Waals surface area contributed by atoms with Gasteiger partial charge in [0.15, 0.2) is 0 Å². The molecule has 3 saturated heterocycles. The van der Waals surface area contributed by atoms with Crippen molar-refractivity contribution in [2.75, 3.05) is 26.5 Å². The molecule has 152 valence electrons. The van der Waals surface area contributed by atoms with Gasteiger partial charge >= 0.3 is 0 Å². The zero-order chi connectivity index (χ0) is 19.9. The smallest absolute Gasteiger partial charge is 0.265 e. The van der Waals surface area contributed by atoms with E-state index in [2.05, 4.69) is 16.8 Å². The lowest BCUT2D eigenvalue weighted by atomic mass is 9.72. The number of hydrogen-bond acceptors (Lipinski definition) is 6. The minimum Gasteiger partial charge on any atom is -0.497 e. The summed E-state index contributed by atoms with van der Waals surface area (Å²) in [5.41, 5.74) is 1.67. The average Bonchev–Trinajstić information content (AvgIpc) is 2.70. The van der Waals surface area contributed by atoms with Crippen LogP contribution in [0.2, 0.25) is 0 Å². The van der Waals surface area contributed by atoms with Crippen molar-refractivity contribution in [3.05, 3.63) is 36.0 Å². The number of ether oxygens (including phenoxy) is 1. The van der Waals surface area contributed by atoms with Crippen molar-refractivity contribution in [2.24, 2.45) is 11.8 Å². The van der Waals surface area contributed by atoms with Crippen molar-refractivity contribution in [3.63, 3.8) is 0 Å². The Morgan fingerprint density at radius 2 is 2.14 bits per heavy atom. The third kappa shape index (κ3) is 3.75. The van der Waals surface area contributed by atoms with E-state index in [0.717, 1.165) is 48.0 Å². The van der Waals surface area contributed by atoms with E-state index in [9.17, 15) is 8.42 Å². The Labute approximate surface area is 167 Å². The lowest BCUT2D eigenvalue weighted by Gasteiger charge is -2.51. The molecule has 0 spiro atoms. The normalized spacial score (nSPS) is 28.4. The molecular weight excluding hydrogens is 376 g/mol. The van der Waals surface area contributed by atoms with Crippen LogP contribution < -0.4 is 4.74 Å². The van der Waals surface area contributed by atoms with Gasteiger partial charge in [-0.2, -0.15) is 8.42 Å². The van der Waals surface area contributed by atoms with Crippen LogP contribution in [0.25, 0.3) is 10.9 Å². The number of nitrogens with zero attached hydrogens (tertiary/aromatic N) is 2. The van der Waals surface area contributed by atoms with Crippen LogP contribution in [0.4, 0.5) is 0 Å². The van der Waals surface area contributed by atoms with E-state index >= 15 is 0 Å². The van der Waals surface area contributed by atoms with E-state index in [-0.39, 0.29) is 6.04 Å². The van der Waals surface area contributed by atoms with Gasteiger partial charge in [0.2, 0.25) is 0 Å². The van der Waals surface area contributed by atoms with Gasteiger partial charge in [0.1, 0.15) is 11.9 Å². The Hall–Kier alpha value is -1.70. The number of rotatable bonds is 6. The molecule has 7 heteroatoms. The molecule has 0 saturated carbocycles. The fourth-order valence-corrected chi connectivity index (χ4v) is 5.60. The average molecular weight is 405 g/mol. The topological polar surface area (TPSA) is 68.7 Å². The maximum absolute atomic E-state index is 12.2. The highest BCUT2D eigenvalue weighted by molar-refractivity contribution is 7.86. The monoisotopic (exact) mass is 404 g/mol. The number of pyridine rings is 1. The van der Waals surface area contributed by atoms with Gasteiger partial charge in [0, 0.05) is 24.2 Å². The molecule has 3 fully saturated rings. The van der Waals surface area contributed by atoms with Gasteiger partial charge in [0.25, 0.3) is 10.1 Å². The predicted octanol–water partition coefficient (Wildman–Crippen LogP) is 3.38. The second-order valence-corrected chi connectivity index (χ2v) is 9.62. The first-order valence-electron chi connectivity index (χ1n) is 9.94. The second kappa shape index (κ2) is 7.61. The highest BCUT2D eigenvalue weighted by atomic mass is 32.2. The number of piperidine rings is 3. The van der Waals surface area contributed by atoms with Crippen molar-refractivity contribution in [3.8, 4) is 5.75 Å². The van der Waals surface area contributed by atoms with Gasteiger partial charge < -0.3 is 4.74 Å².